The molecule has 1 fully saturated rings. The maximum Gasteiger partial charge on any atom is 0.321 e. The van der Waals surface area contributed by atoms with Crippen LogP contribution < -0.4 is 15.8 Å². The zero-order valence-electron chi connectivity index (χ0n) is 19.2. The summed E-state index contributed by atoms with van der Waals surface area (Å²) in [5.74, 6) is 0.0894. The van der Waals surface area contributed by atoms with E-state index >= 15 is 0 Å². The number of fused-ring (bicyclic) bond motifs is 1. The Bertz CT molecular complexity index is 1370. The lowest BCUT2D eigenvalue weighted by Crippen LogP contribution is -2.43. The number of hydrogen-bond acceptors (Lipinski definition) is 6. The number of urea groups is 1. The minimum Gasteiger partial charge on any atom is -0.473 e. The Balaban J connectivity index is 1.29. The molecule has 2 aromatic carbocycles. The van der Waals surface area contributed by atoms with E-state index in [2.05, 4.69) is 20.3 Å². The second-order valence-electron chi connectivity index (χ2n) is 8.56. The second kappa shape index (κ2) is 9.54. The van der Waals surface area contributed by atoms with E-state index in [9.17, 15) is 9.18 Å². The zero-order chi connectivity index (χ0) is 24.4. The van der Waals surface area contributed by atoms with Gasteiger partial charge in [-0.1, -0.05) is 12.1 Å². The van der Waals surface area contributed by atoms with Crippen molar-refractivity contribution in [3.05, 3.63) is 72.0 Å². The van der Waals surface area contributed by atoms with Gasteiger partial charge < -0.3 is 20.7 Å². The normalized spacial score (nSPS) is 14.2. The summed E-state index contributed by atoms with van der Waals surface area (Å²) in [6, 6.07) is 17.3. The van der Waals surface area contributed by atoms with E-state index < -0.39 is 0 Å². The lowest BCUT2D eigenvalue weighted by atomic mass is 10.1. The lowest BCUT2D eigenvalue weighted by Gasteiger charge is -2.32. The molecule has 0 unspecified atom stereocenters. The summed E-state index contributed by atoms with van der Waals surface area (Å²) in [6.07, 6.45) is 1.14. The molecule has 0 aliphatic carbocycles. The van der Waals surface area contributed by atoms with Crippen LogP contribution in [0.3, 0.4) is 0 Å². The fraction of sp³-hybridized carbons (Fsp3) is 0.231. The van der Waals surface area contributed by atoms with Crippen LogP contribution in [0.4, 0.5) is 20.8 Å². The third-order valence-corrected chi connectivity index (χ3v) is 5.94. The fourth-order valence-corrected chi connectivity index (χ4v) is 4.13. The van der Waals surface area contributed by atoms with Gasteiger partial charge in [-0.05, 0) is 61.0 Å². The van der Waals surface area contributed by atoms with Gasteiger partial charge in [-0.15, -0.1) is 0 Å². The summed E-state index contributed by atoms with van der Waals surface area (Å²) < 4.78 is 19.5. The SMILES string of the molecule is Cc1cccc(NC(=O)N2CCC(Oc3nc(N)nc4ccc(-c5ccc(F)cc5)nc34)CC2)c1. The molecule has 5 rings (SSSR count). The highest BCUT2D eigenvalue weighted by Crippen LogP contribution is 2.28. The highest BCUT2D eigenvalue weighted by molar-refractivity contribution is 5.89. The van der Waals surface area contributed by atoms with Gasteiger partial charge in [0.2, 0.25) is 11.8 Å². The van der Waals surface area contributed by atoms with Crippen LogP contribution in [-0.4, -0.2) is 45.1 Å². The standard InChI is InChI=1S/C26H25FN6O2/c1-16-3-2-4-19(15-16)29-26(34)33-13-11-20(12-14-33)35-24-23-22(31-25(28)32-24)10-9-21(30-23)17-5-7-18(27)8-6-17/h2-10,15,20H,11-14H2,1H3,(H,29,34)(H2,28,31,32). The van der Waals surface area contributed by atoms with Crippen molar-refractivity contribution in [3.8, 4) is 17.1 Å². The highest BCUT2D eigenvalue weighted by Gasteiger charge is 2.25. The van der Waals surface area contributed by atoms with Crippen molar-refractivity contribution < 1.29 is 13.9 Å². The molecule has 0 saturated carbocycles. The van der Waals surface area contributed by atoms with Crippen molar-refractivity contribution in [1.29, 1.82) is 0 Å². The molecule has 2 aromatic heterocycles. The monoisotopic (exact) mass is 472 g/mol. The van der Waals surface area contributed by atoms with E-state index in [1.165, 1.54) is 12.1 Å². The van der Waals surface area contributed by atoms with Gasteiger partial charge in [-0.25, -0.2) is 19.2 Å². The van der Waals surface area contributed by atoms with Crippen molar-refractivity contribution in [3.63, 3.8) is 0 Å². The number of ether oxygens (including phenoxy) is 1. The van der Waals surface area contributed by atoms with Crippen molar-refractivity contribution in [2.75, 3.05) is 24.1 Å². The molecule has 35 heavy (non-hydrogen) atoms. The molecular formula is C26H25FN6O2. The molecule has 0 bridgehead atoms. The molecular weight excluding hydrogens is 447 g/mol. The minimum absolute atomic E-state index is 0.0961. The molecule has 1 saturated heterocycles. The molecule has 0 radical (unpaired) electrons. The first-order chi connectivity index (χ1) is 16.9. The molecule has 1 aliphatic rings. The van der Waals surface area contributed by atoms with Crippen LogP contribution in [0.2, 0.25) is 0 Å². The summed E-state index contributed by atoms with van der Waals surface area (Å²) in [5.41, 5.74) is 10.2. The van der Waals surface area contributed by atoms with Crippen molar-refractivity contribution in [2.24, 2.45) is 0 Å². The Morgan fingerprint density at radius 3 is 2.57 bits per heavy atom. The molecule has 3 heterocycles. The molecule has 0 atom stereocenters. The Morgan fingerprint density at radius 1 is 1.06 bits per heavy atom. The van der Waals surface area contributed by atoms with Crippen LogP contribution in [0.1, 0.15) is 18.4 Å². The van der Waals surface area contributed by atoms with Crippen molar-refractivity contribution in [1.82, 2.24) is 19.9 Å². The number of nitrogen functional groups attached to an aromatic ring is 1. The molecule has 4 aromatic rings. The van der Waals surface area contributed by atoms with Gasteiger partial charge >= 0.3 is 6.03 Å². The van der Waals surface area contributed by atoms with Crippen LogP contribution in [0.15, 0.2) is 60.7 Å². The topological polar surface area (TPSA) is 106 Å². The first-order valence-corrected chi connectivity index (χ1v) is 11.4. The summed E-state index contributed by atoms with van der Waals surface area (Å²) >= 11 is 0. The van der Waals surface area contributed by atoms with Gasteiger partial charge in [0.25, 0.3) is 0 Å². The molecule has 2 amide bonds. The Kier molecular flexibility index (Phi) is 6.13. The number of carbonyl (C=O) groups is 1. The lowest BCUT2D eigenvalue weighted by molar-refractivity contribution is 0.113. The zero-order valence-corrected chi connectivity index (χ0v) is 19.2. The number of hydrogen-bond donors (Lipinski definition) is 2. The minimum atomic E-state index is -0.312. The van der Waals surface area contributed by atoms with Crippen LogP contribution in [0.25, 0.3) is 22.3 Å². The molecule has 0 spiro atoms. The maximum absolute atomic E-state index is 13.3. The van der Waals surface area contributed by atoms with E-state index in [4.69, 9.17) is 10.5 Å². The smallest absolute Gasteiger partial charge is 0.321 e. The number of pyridine rings is 1. The fourth-order valence-electron chi connectivity index (χ4n) is 4.13. The van der Waals surface area contributed by atoms with Gasteiger partial charge in [0.05, 0.1) is 11.2 Å². The van der Waals surface area contributed by atoms with Gasteiger partial charge in [0, 0.05) is 37.2 Å². The first-order valence-electron chi connectivity index (χ1n) is 11.4. The van der Waals surface area contributed by atoms with E-state index in [1.54, 1.807) is 29.2 Å². The number of nitrogens with one attached hydrogen (secondary N) is 1. The summed E-state index contributed by atoms with van der Waals surface area (Å²) in [5, 5.41) is 2.95. The predicted molar refractivity (Wildman–Crippen MR) is 133 cm³/mol. The predicted octanol–water partition coefficient (Wildman–Crippen LogP) is 4.80. The van der Waals surface area contributed by atoms with Gasteiger partial charge in [-0.2, -0.15) is 4.98 Å². The van der Waals surface area contributed by atoms with Crippen molar-refractivity contribution in [2.45, 2.75) is 25.9 Å². The number of rotatable bonds is 4. The van der Waals surface area contributed by atoms with Gasteiger partial charge in [0.1, 0.15) is 11.9 Å². The number of aromatic nitrogens is 3. The summed E-state index contributed by atoms with van der Waals surface area (Å²) in [6.45, 7) is 3.09. The molecule has 8 nitrogen and oxygen atoms in total. The number of benzene rings is 2. The third kappa shape index (κ3) is 5.13. The quantitative estimate of drug-likeness (QED) is 0.442. The largest absolute Gasteiger partial charge is 0.473 e. The van der Waals surface area contributed by atoms with Gasteiger partial charge in [-0.3, -0.25) is 0 Å². The number of nitrogens with two attached hydrogens (primary N) is 1. The van der Waals surface area contributed by atoms with Crippen LogP contribution >= 0.6 is 0 Å². The number of nitrogens with zero attached hydrogens (tertiary/aromatic N) is 4. The number of carbonyl (C=O) groups excluding carboxylic acids is 1. The summed E-state index contributed by atoms with van der Waals surface area (Å²) in [4.78, 5) is 27.7. The molecule has 3 N–H and O–H groups in total. The number of anilines is 2. The number of piperidine rings is 1. The number of halogens is 1. The first kappa shape index (κ1) is 22.5. The maximum atomic E-state index is 13.3. The summed E-state index contributed by atoms with van der Waals surface area (Å²) in [7, 11) is 0. The van der Waals surface area contributed by atoms with Gasteiger partial charge in [0.15, 0.2) is 5.52 Å². The second-order valence-corrected chi connectivity index (χ2v) is 8.56. The van der Waals surface area contributed by atoms with E-state index in [0.717, 1.165) is 16.8 Å². The van der Waals surface area contributed by atoms with Crippen LogP contribution in [0.5, 0.6) is 5.88 Å². The Morgan fingerprint density at radius 2 is 1.83 bits per heavy atom. The molecule has 1 aliphatic heterocycles. The average molecular weight is 473 g/mol. The van der Waals surface area contributed by atoms with Crippen LogP contribution in [0, 0.1) is 12.7 Å². The van der Waals surface area contributed by atoms with Crippen LogP contribution in [-0.2, 0) is 0 Å². The van der Waals surface area contributed by atoms with E-state index in [1.807, 2.05) is 31.2 Å². The van der Waals surface area contributed by atoms with E-state index in [0.29, 0.717) is 48.5 Å². The van der Waals surface area contributed by atoms with Crippen molar-refractivity contribution >= 4 is 28.7 Å². The number of amides is 2. The Labute approximate surface area is 202 Å². The molecule has 9 heteroatoms. The Hall–Kier alpha value is -4.27. The number of likely N-dealkylation sites (tertiary alicyclic amines) is 1. The highest BCUT2D eigenvalue weighted by atomic mass is 19.1. The van der Waals surface area contributed by atoms with E-state index in [-0.39, 0.29) is 23.9 Å². The average Bonchev–Trinajstić information content (AvgIpc) is 2.85. The molecule has 178 valence electrons. The third-order valence-electron chi connectivity index (χ3n) is 5.94. The number of aryl methyl sites for hydroxylation is 1.